The number of aliphatic hydroxyl groups is 1. The van der Waals surface area contributed by atoms with Crippen LogP contribution < -0.4 is 0 Å². The van der Waals surface area contributed by atoms with Gasteiger partial charge in [0, 0.05) is 13.1 Å². The van der Waals surface area contributed by atoms with Gasteiger partial charge in [-0.15, -0.1) is 6.58 Å². The number of hydrogen-bond donors (Lipinski definition) is 2. The van der Waals surface area contributed by atoms with Crippen LogP contribution in [0.25, 0.3) is 0 Å². The molecule has 1 spiro atoms. The van der Waals surface area contributed by atoms with E-state index >= 15 is 0 Å². The van der Waals surface area contributed by atoms with E-state index in [1.165, 1.54) is 4.90 Å². The fourth-order valence-electron chi connectivity index (χ4n) is 6.91. The van der Waals surface area contributed by atoms with Gasteiger partial charge in [0.05, 0.1) is 30.1 Å². The van der Waals surface area contributed by atoms with E-state index in [0.29, 0.717) is 25.8 Å². The average Bonchev–Trinajstić information content (AvgIpc) is 3.48. The molecule has 2 amide bonds. The number of aliphatic carboxylic acids is 1. The van der Waals surface area contributed by atoms with Crippen molar-refractivity contribution in [3.8, 4) is 0 Å². The van der Waals surface area contributed by atoms with Crippen molar-refractivity contribution in [1.29, 1.82) is 0 Å². The van der Waals surface area contributed by atoms with Gasteiger partial charge in [0.2, 0.25) is 11.8 Å². The highest BCUT2D eigenvalue weighted by Crippen LogP contribution is 2.63. The molecule has 6 atom stereocenters. The van der Waals surface area contributed by atoms with Crippen molar-refractivity contribution < 1.29 is 29.3 Å². The molecule has 8 nitrogen and oxygen atoms in total. The van der Waals surface area contributed by atoms with Gasteiger partial charge >= 0.3 is 5.97 Å². The molecule has 0 saturated carbocycles. The van der Waals surface area contributed by atoms with Gasteiger partial charge in [-0.25, -0.2) is 0 Å². The van der Waals surface area contributed by atoms with Gasteiger partial charge < -0.3 is 24.7 Å². The number of aliphatic hydroxyl groups excluding tert-OH is 1. The second-order valence-electron chi connectivity index (χ2n) is 10.8. The molecule has 5 rings (SSSR count). The molecule has 2 aromatic rings. The third-order valence-corrected chi connectivity index (χ3v) is 8.51. The summed E-state index contributed by atoms with van der Waals surface area (Å²) in [5.74, 6) is -3.93. The maximum Gasteiger partial charge on any atom is 0.310 e. The molecule has 2 bridgehead atoms. The van der Waals surface area contributed by atoms with Crippen LogP contribution >= 0.6 is 0 Å². The van der Waals surface area contributed by atoms with Crippen LogP contribution in [-0.4, -0.2) is 74.2 Å². The molecule has 0 radical (unpaired) electrons. The Balaban J connectivity index is 1.58. The van der Waals surface area contributed by atoms with Crippen molar-refractivity contribution in [3.05, 3.63) is 84.4 Å². The molecule has 38 heavy (non-hydrogen) atoms. The fraction of sp³-hybridized carbons (Fsp3) is 0.433. The standard InChI is InChI=1S/C30H34N2O6/c1-3-16-31(18-21-12-8-5-9-13-21)27(35)25-30-15-14-29(2,38-30)24(28(36)37)23(30)26(34)32(25)22(19-33)17-20-10-6-4-7-11-20/h3-13,22-25,33H,1,14-19H2,2H3,(H,36,37)/t22-,23+,24-,25?,29+,30?/m1/s1. The molecule has 200 valence electrons. The van der Waals surface area contributed by atoms with Gasteiger partial charge in [0.1, 0.15) is 11.6 Å². The van der Waals surface area contributed by atoms with Gasteiger partial charge in [-0.2, -0.15) is 0 Å². The molecule has 2 N–H and O–H groups in total. The Morgan fingerprint density at radius 2 is 1.76 bits per heavy atom. The lowest BCUT2D eigenvalue weighted by molar-refractivity contribution is -0.158. The zero-order valence-corrected chi connectivity index (χ0v) is 21.5. The van der Waals surface area contributed by atoms with Crippen molar-refractivity contribution in [1.82, 2.24) is 9.80 Å². The summed E-state index contributed by atoms with van der Waals surface area (Å²) in [4.78, 5) is 44.1. The maximum absolute atomic E-state index is 14.4. The van der Waals surface area contributed by atoms with Crippen molar-refractivity contribution >= 4 is 17.8 Å². The summed E-state index contributed by atoms with van der Waals surface area (Å²) in [5, 5.41) is 20.7. The van der Waals surface area contributed by atoms with Crippen LogP contribution in [-0.2, 0) is 32.1 Å². The predicted molar refractivity (Wildman–Crippen MR) is 140 cm³/mol. The predicted octanol–water partition coefficient (Wildman–Crippen LogP) is 2.65. The molecule has 0 aliphatic carbocycles. The molecule has 2 unspecified atom stereocenters. The number of carboxylic acids is 1. The van der Waals surface area contributed by atoms with Crippen molar-refractivity contribution in [2.45, 2.75) is 56.0 Å². The normalized spacial score (nSPS) is 30.2. The van der Waals surface area contributed by atoms with Crippen LogP contribution in [0.1, 0.15) is 30.9 Å². The van der Waals surface area contributed by atoms with Gasteiger partial charge in [0.15, 0.2) is 0 Å². The largest absolute Gasteiger partial charge is 0.481 e. The monoisotopic (exact) mass is 518 g/mol. The van der Waals surface area contributed by atoms with Gasteiger partial charge in [0.25, 0.3) is 0 Å². The molecular weight excluding hydrogens is 484 g/mol. The first-order chi connectivity index (χ1) is 18.3. The summed E-state index contributed by atoms with van der Waals surface area (Å²) in [6.45, 7) is 5.73. The number of hydrogen-bond acceptors (Lipinski definition) is 5. The summed E-state index contributed by atoms with van der Waals surface area (Å²) < 4.78 is 6.50. The highest BCUT2D eigenvalue weighted by molar-refractivity contribution is 5.98. The molecule has 3 fully saturated rings. The van der Waals surface area contributed by atoms with Gasteiger partial charge in [-0.3, -0.25) is 14.4 Å². The van der Waals surface area contributed by atoms with E-state index in [0.717, 1.165) is 11.1 Å². The van der Waals surface area contributed by atoms with E-state index in [1.54, 1.807) is 17.9 Å². The van der Waals surface area contributed by atoms with Crippen LogP contribution in [0.15, 0.2) is 73.3 Å². The number of fused-ring (bicyclic) bond motifs is 1. The molecular formula is C30H34N2O6. The quantitative estimate of drug-likeness (QED) is 0.469. The molecule has 8 heteroatoms. The van der Waals surface area contributed by atoms with E-state index in [9.17, 15) is 24.6 Å². The third-order valence-electron chi connectivity index (χ3n) is 8.51. The number of ether oxygens (including phenoxy) is 1. The second kappa shape index (κ2) is 10.0. The smallest absolute Gasteiger partial charge is 0.310 e. The Labute approximate surface area is 222 Å². The SMILES string of the molecule is C=CCN(Cc1ccccc1)C(=O)C1N([C@@H](CO)Cc2ccccc2)C(=O)[C@@H]2[C@H](C(=O)O)[C@]3(C)CCC12O3. The molecule has 2 aromatic carbocycles. The van der Waals surface area contributed by atoms with Crippen LogP contribution in [0.3, 0.4) is 0 Å². The zero-order chi connectivity index (χ0) is 27.1. The fourth-order valence-corrected chi connectivity index (χ4v) is 6.91. The van der Waals surface area contributed by atoms with E-state index < -0.39 is 47.0 Å². The number of benzene rings is 2. The minimum absolute atomic E-state index is 0.245. The summed E-state index contributed by atoms with van der Waals surface area (Å²) in [5.41, 5.74) is -0.485. The van der Waals surface area contributed by atoms with Crippen LogP contribution in [0, 0.1) is 11.8 Å². The van der Waals surface area contributed by atoms with Gasteiger partial charge in [-0.1, -0.05) is 66.7 Å². The first-order valence-electron chi connectivity index (χ1n) is 13.1. The number of carboxylic acid groups (broad SMARTS) is 1. The minimum atomic E-state index is -1.27. The van der Waals surface area contributed by atoms with Crippen molar-refractivity contribution in [2.75, 3.05) is 13.2 Å². The molecule has 3 aliphatic heterocycles. The lowest BCUT2D eigenvalue weighted by atomic mass is 9.66. The Bertz CT molecular complexity index is 1220. The molecule has 0 aromatic heterocycles. The number of rotatable bonds is 10. The van der Waals surface area contributed by atoms with Crippen LogP contribution in [0.2, 0.25) is 0 Å². The number of carbonyl (C=O) groups is 3. The van der Waals surface area contributed by atoms with E-state index in [-0.39, 0.29) is 19.1 Å². The van der Waals surface area contributed by atoms with Crippen LogP contribution in [0.4, 0.5) is 0 Å². The molecule has 3 saturated heterocycles. The third kappa shape index (κ3) is 4.12. The first-order valence-corrected chi connectivity index (χ1v) is 13.1. The minimum Gasteiger partial charge on any atom is -0.481 e. The van der Waals surface area contributed by atoms with Crippen LogP contribution in [0.5, 0.6) is 0 Å². The van der Waals surface area contributed by atoms with E-state index in [4.69, 9.17) is 4.74 Å². The Morgan fingerprint density at radius 3 is 2.34 bits per heavy atom. The average molecular weight is 519 g/mol. The summed E-state index contributed by atoms with van der Waals surface area (Å²) >= 11 is 0. The Hall–Kier alpha value is -3.49. The lowest BCUT2D eigenvalue weighted by Gasteiger charge is -2.39. The Kier molecular flexibility index (Phi) is 6.88. The van der Waals surface area contributed by atoms with Gasteiger partial charge in [-0.05, 0) is 37.3 Å². The van der Waals surface area contributed by atoms with Crippen molar-refractivity contribution in [2.24, 2.45) is 11.8 Å². The number of carbonyl (C=O) groups excluding carboxylic acids is 2. The molecule has 3 heterocycles. The highest BCUT2D eigenvalue weighted by Gasteiger charge is 2.78. The summed E-state index contributed by atoms with van der Waals surface area (Å²) in [6.07, 6.45) is 2.80. The maximum atomic E-state index is 14.4. The summed E-state index contributed by atoms with van der Waals surface area (Å²) in [7, 11) is 0. The topological polar surface area (TPSA) is 107 Å². The number of nitrogens with zero attached hydrogens (tertiary/aromatic N) is 2. The number of likely N-dealkylation sites (tertiary alicyclic amines) is 1. The second-order valence-corrected chi connectivity index (χ2v) is 10.8. The lowest BCUT2D eigenvalue weighted by Crippen LogP contribution is -2.59. The Morgan fingerprint density at radius 1 is 1.13 bits per heavy atom. The van der Waals surface area contributed by atoms with E-state index in [2.05, 4.69) is 6.58 Å². The van der Waals surface area contributed by atoms with E-state index in [1.807, 2.05) is 60.7 Å². The number of amides is 2. The molecule has 3 aliphatic rings. The highest BCUT2D eigenvalue weighted by atomic mass is 16.5. The zero-order valence-electron chi connectivity index (χ0n) is 21.5. The van der Waals surface area contributed by atoms with Crippen molar-refractivity contribution in [3.63, 3.8) is 0 Å². The summed E-state index contributed by atoms with van der Waals surface area (Å²) in [6, 6.07) is 17.2. The first kappa shape index (κ1) is 26.1.